The molecule has 0 atom stereocenters. The van der Waals surface area contributed by atoms with Crippen LogP contribution in [0.2, 0.25) is 0 Å². The number of nitrogens with zero attached hydrogens (tertiary/aromatic N) is 1. The van der Waals surface area contributed by atoms with Gasteiger partial charge in [-0.1, -0.05) is 6.07 Å². The molecule has 0 aromatic carbocycles. The quantitative estimate of drug-likeness (QED) is 0.763. The zero-order valence-electron chi connectivity index (χ0n) is 12.7. The molecule has 0 aliphatic carbocycles. The molecular weight excluding hydrogens is 286 g/mol. The van der Waals surface area contributed by atoms with E-state index in [2.05, 4.69) is 6.07 Å². The van der Waals surface area contributed by atoms with Crippen molar-refractivity contribution in [3.05, 3.63) is 46.5 Å². The van der Waals surface area contributed by atoms with Gasteiger partial charge in [-0.25, -0.2) is 0 Å². The van der Waals surface area contributed by atoms with Crippen LogP contribution in [0, 0.1) is 0 Å². The van der Waals surface area contributed by atoms with Gasteiger partial charge in [0.2, 0.25) is 0 Å². The van der Waals surface area contributed by atoms with Gasteiger partial charge in [-0.15, -0.1) is 11.3 Å². The third-order valence-corrected chi connectivity index (χ3v) is 3.55. The summed E-state index contributed by atoms with van der Waals surface area (Å²) < 4.78 is 10.8. The number of hydrogen-bond acceptors (Lipinski definition) is 5. The first-order valence-electron chi connectivity index (χ1n) is 6.91. The standard InChI is InChI=1S/C16H21NO3S/c1-16(2,3)20-15(18)12-17(10-13-6-4-8-19-13)11-14-7-5-9-21-14/h4-9H,10-12H2,1-3H3. The third kappa shape index (κ3) is 5.73. The molecule has 21 heavy (non-hydrogen) atoms. The number of thiophene rings is 1. The molecule has 0 saturated carbocycles. The van der Waals surface area contributed by atoms with Gasteiger partial charge in [-0.05, 0) is 44.4 Å². The van der Waals surface area contributed by atoms with Crippen molar-refractivity contribution in [1.29, 1.82) is 0 Å². The number of carbonyl (C=O) groups excluding carboxylic acids is 1. The summed E-state index contributed by atoms with van der Waals surface area (Å²) in [7, 11) is 0. The molecule has 114 valence electrons. The molecule has 0 spiro atoms. The third-order valence-electron chi connectivity index (χ3n) is 2.69. The van der Waals surface area contributed by atoms with Crippen molar-refractivity contribution in [2.75, 3.05) is 6.54 Å². The van der Waals surface area contributed by atoms with Crippen LogP contribution in [0.25, 0.3) is 0 Å². The van der Waals surface area contributed by atoms with E-state index in [9.17, 15) is 4.79 Å². The van der Waals surface area contributed by atoms with Crippen molar-refractivity contribution in [3.63, 3.8) is 0 Å². The highest BCUT2D eigenvalue weighted by molar-refractivity contribution is 7.09. The number of esters is 1. The SMILES string of the molecule is CC(C)(C)OC(=O)CN(Cc1ccco1)Cc1cccs1. The molecule has 2 heterocycles. The van der Waals surface area contributed by atoms with Gasteiger partial charge in [0.05, 0.1) is 19.4 Å². The molecule has 0 N–H and O–H groups in total. The number of rotatable bonds is 6. The van der Waals surface area contributed by atoms with E-state index in [1.54, 1.807) is 17.6 Å². The van der Waals surface area contributed by atoms with E-state index < -0.39 is 5.60 Å². The fourth-order valence-electron chi connectivity index (χ4n) is 1.97. The fraction of sp³-hybridized carbons (Fsp3) is 0.438. The van der Waals surface area contributed by atoms with Crippen molar-refractivity contribution >= 4 is 17.3 Å². The second-order valence-corrected chi connectivity index (χ2v) is 6.92. The lowest BCUT2D eigenvalue weighted by atomic mass is 10.2. The van der Waals surface area contributed by atoms with Crippen molar-refractivity contribution in [2.24, 2.45) is 0 Å². The maximum Gasteiger partial charge on any atom is 0.320 e. The Morgan fingerprint density at radius 3 is 2.67 bits per heavy atom. The number of carbonyl (C=O) groups is 1. The Morgan fingerprint density at radius 2 is 2.10 bits per heavy atom. The van der Waals surface area contributed by atoms with Gasteiger partial charge in [-0.3, -0.25) is 9.69 Å². The Kier molecular flexibility index (Phi) is 5.20. The summed E-state index contributed by atoms with van der Waals surface area (Å²) in [6.45, 7) is 7.17. The van der Waals surface area contributed by atoms with E-state index in [1.165, 1.54) is 4.88 Å². The molecule has 2 rings (SSSR count). The monoisotopic (exact) mass is 307 g/mol. The molecule has 0 amide bonds. The average molecular weight is 307 g/mol. The topological polar surface area (TPSA) is 42.7 Å². The second kappa shape index (κ2) is 6.91. The molecule has 0 bridgehead atoms. The molecule has 0 aliphatic rings. The predicted molar refractivity (Wildman–Crippen MR) is 83.0 cm³/mol. The van der Waals surface area contributed by atoms with E-state index in [0.29, 0.717) is 13.1 Å². The molecule has 0 radical (unpaired) electrons. The summed E-state index contributed by atoms with van der Waals surface area (Å²) in [5.41, 5.74) is -0.462. The highest BCUT2D eigenvalue weighted by Crippen LogP contribution is 2.15. The molecule has 4 nitrogen and oxygen atoms in total. The Bertz CT molecular complexity index is 504. The maximum atomic E-state index is 12.0. The molecule has 0 unspecified atom stereocenters. The van der Waals surface area contributed by atoms with Gasteiger partial charge < -0.3 is 9.15 Å². The Hall–Kier alpha value is -1.59. The lowest BCUT2D eigenvalue weighted by Crippen LogP contribution is -2.34. The van der Waals surface area contributed by atoms with E-state index in [4.69, 9.17) is 9.15 Å². The van der Waals surface area contributed by atoms with Gasteiger partial charge in [0, 0.05) is 11.4 Å². The van der Waals surface area contributed by atoms with Crippen molar-refractivity contribution < 1.29 is 13.9 Å². The van der Waals surface area contributed by atoms with Crippen molar-refractivity contribution in [3.8, 4) is 0 Å². The van der Waals surface area contributed by atoms with Crippen molar-refractivity contribution in [2.45, 2.75) is 39.5 Å². The summed E-state index contributed by atoms with van der Waals surface area (Å²) in [4.78, 5) is 15.3. The van der Waals surface area contributed by atoms with E-state index in [0.717, 1.165) is 5.76 Å². The molecule has 2 aromatic heterocycles. The summed E-state index contributed by atoms with van der Waals surface area (Å²) in [5, 5.41) is 2.04. The van der Waals surface area contributed by atoms with Crippen LogP contribution in [-0.2, 0) is 22.6 Å². The number of ether oxygens (including phenoxy) is 1. The zero-order chi connectivity index (χ0) is 15.3. The van der Waals surface area contributed by atoms with Gasteiger partial charge in [0.1, 0.15) is 11.4 Å². The summed E-state index contributed by atoms with van der Waals surface area (Å²) in [6, 6.07) is 7.84. The molecule has 0 aliphatic heterocycles. The van der Waals surface area contributed by atoms with Gasteiger partial charge in [-0.2, -0.15) is 0 Å². The molecule has 0 fully saturated rings. The van der Waals surface area contributed by atoms with E-state index >= 15 is 0 Å². The van der Waals surface area contributed by atoms with Gasteiger partial charge in [0.25, 0.3) is 0 Å². The smallest absolute Gasteiger partial charge is 0.320 e. The minimum Gasteiger partial charge on any atom is -0.468 e. The second-order valence-electron chi connectivity index (χ2n) is 5.89. The van der Waals surface area contributed by atoms with Crippen LogP contribution in [-0.4, -0.2) is 23.0 Å². The minimum absolute atomic E-state index is 0.217. The number of furan rings is 1. The number of hydrogen-bond donors (Lipinski definition) is 0. The lowest BCUT2D eigenvalue weighted by molar-refractivity contribution is -0.156. The Labute approximate surface area is 129 Å². The van der Waals surface area contributed by atoms with E-state index in [-0.39, 0.29) is 12.5 Å². The predicted octanol–water partition coefficient (Wildman–Crippen LogP) is 3.69. The lowest BCUT2D eigenvalue weighted by Gasteiger charge is -2.24. The first kappa shape index (κ1) is 15.8. The van der Waals surface area contributed by atoms with Crippen LogP contribution in [0.15, 0.2) is 40.3 Å². The summed E-state index contributed by atoms with van der Waals surface area (Å²) in [6.07, 6.45) is 1.64. The van der Waals surface area contributed by atoms with Gasteiger partial charge in [0.15, 0.2) is 0 Å². The summed E-state index contributed by atoms with van der Waals surface area (Å²) in [5.74, 6) is 0.626. The van der Waals surface area contributed by atoms with Crippen LogP contribution in [0.5, 0.6) is 0 Å². The highest BCUT2D eigenvalue weighted by Gasteiger charge is 2.20. The first-order chi connectivity index (χ1) is 9.92. The molecule has 0 saturated heterocycles. The Morgan fingerprint density at radius 1 is 1.29 bits per heavy atom. The normalized spacial score (nSPS) is 11.8. The zero-order valence-corrected chi connectivity index (χ0v) is 13.5. The maximum absolute atomic E-state index is 12.0. The van der Waals surface area contributed by atoms with Crippen molar-refractivity contribution in [1.82, 2.24) is 4.90 Å². The minimum atomic E-state index is -0.462. The van der Waals surface area contributed by atoms with Crippen LogP contribution >= 0.6 is 11.3 Å². The molecular formula is C16H21NO3S. The summed E-state index contributed by atoms with van der Waals surface area (Å²) >= 11 is 1.68. The average Bonchev–Trinajstić information content (AvgIpc) is 2.99. The highest BCUT2D eigenvalue weighted by atomic mass is 32.1. The molecule has 2 aromatic rings. The molecule has 5 heteroatoms. The van der Waals surface area contributed by atoms with Gasteiger partial charge >= 0.3 is 5.97 Å². The van der Waals surface area contributed by atoms with Crippen LogP contribution in [0.4, 0.5) is 0 Å². The van der Waals surface area contributed by atoms with Crippen LogP contribution < -0.4 is 0 Å². The van der Waals surface area contributed by atoms with E-state index in [1.807, 2.05) is 49.3 Å². The van der Waals surface area contributed by atoms with Crippen LogP contribution in [0.3, 0.4) is 0 Å². The fourth-order valence-corrected chi connectivity index (χ4v) is 2.72. The Balaban J connectivity index is 1.99. The largest absolute Gasteiger partial charge is 0.468 e. The first-order valence-corrected chi connectivity index (χ1v) is 7.79. The van der Waals surface area contributed by atoms with Crippen LogP contribution in [0.1, 0.15) is 31.4 Å².